The molecule has 1 aromatic heterocycles. The first kappa shape index (κ1) is 8.79. The van der Waals surface area contributed by atoms with Crippen molar-refractivity contribution in [1.82, 2.24) is 5.16 Å². The van der Waals surface area contributed by atoms with Crippen LogP contribution in [-0.2, 0) is 11.2 Å². The number of anilines is 1. The Balaban J connectivity index is 2.63. The molecule has 0 saturated heterocycles. The van der Waals surface area contributed by atoms with E-state index in [1.807, 2.05) is 0 Å². The van der Waals surface area contributed by atoms with Gasteiger partial charge in [-0.15, -0.1) is 0 Å². The summed E-state index contributed by atoms with van der Waals surface area (Å²) in [6.07, 6.45) is 0.721. The average molecular weight is 268 g/mol. The van der Waals surface area contributed by atoms with E-state index >= 15 is 0 Å². The second-order valence-corrected chi connectivity index (χ2v) is 3.13. The molecule has 1 rings (SSSR count). The van der Waals surface area contributed by atoms with Gasteiger partial charge in [-0.1, -0.05) is 5.16 Å². The number of rotatable bonds is 3. The molecule has 0 aliphatic rings. The van der Waals surface area contributed by atoms with Gasteiger partial charge in [-0.3, -0.25) is 0 Å². The standard InChI is InChI=1S/C6H9IN2O2/c1-10-3-2-4-5(7)6(8)9-11-4/h2-3H2,1H3,(H2,8,9). The molecular weight excluding hydrogens is 259 g/mol. The van der Waals surface area contributed by atoms with Crippen LogP contribution in [0.15, 0.2) is 4.52 Å². The second kappa shape index (κ2) is 3.91. The molecule has 0 amide bonds. The topological polar surface area (TPSA) is 61.3 Å². The van der Waals surface area contributed by atoms with Gasteiger partial charge in [-0.2, -0.15) is 0 Å². The first-order chi connectivity index (χ1) is 5.25. The van der Waals surface area contributed by atoms with Crippen LogP contribution in [0.3, 0.4) is 0 Å². The van der Waals surface area contributed by atoms with Crippen LogP contribution in [0.1, 0.15) is 5.76 Å². The maximum absolute atomic E-state index is 5.46. The molecule has 5 heteroatoms. The SMILES string of the molecule is COCCc1onc(N)c1I. The maximum Gasteiger partial charge on any atom is 0.180 e. The van der Waals surface area contributed by atoms with Gasteiger partial charge in [0.1, 0.15) is 0 Å². The van der Waals surface area contributed by atoms with E-state index in [0.717, 1.165) is 15.8 Å². The number of nitrogens with two attached hydrogens (primary N) is 1. The molecule has 0 atom stereocenters. The summed E-state index contributed by atoms with van der Waals surface area (Å²) in [4.78, 5) is 0. The van der Waals surface area contributed by atoms with Gasteiger partial charge in [0.15, 0.2) is 11.6 Å². The van der Waals surface area contributed by atoms with Crippen molar-refractivity contribution in [3.8, 4) is 0 Å². The Morgan fingerprint density at radius 2 is 2.45 bits per heavy atom. The zero-order valence-corrected chi connectivity index (χ0v) is 8.29. The van der Waals surface area contributed by atoms with Crippen molar-refractivity contribution in [2.75, 3.05) is 19.5 Å². The van der Waals surface area contributed by atoms with Crippen LogP contribution < -0.4 is 5.73 Å². The number of aromatic nitrogens is 1. The Morgan fingerprint density at radius 3 is 2.91 bits per heavy atom. The lowest BCUT2D eigenvalue weighted by Crippen LogP contribution is -1.95. The molecule has 4 nitrogen and oxygen atoms in total. The van der Waals surface area contributed by atoms with Gasteiger partial charge in [0.2, 0.25) is 0 Å². The minimum Gasteiger partial charge on any atom is -0.384 e. The molecule has 0 aromatic carbocycles. The van der Waals surface area contributed by atoms with E-state index < -0.39 is 0 Å². The number of hydrogen-bond donors (Lipinski definition) is 1. The molecule has 0 aliphatic heterocycles. The molecular formula is C6H9IN2O2. The lowest BCUT2D eigenvalue weighted by atomic mass is 10.3. The van der Waals surface area contributed by atoms with E-state index in [-0.39, 0.29) is 0 Å². The Hall–Kier alpha value is -0.300. The Morgan fingerprint density at radius 1 is 1.73 bits per heavy atom. The van der Waals surface area contributed by atoms with E-state index in [1.54, 1.807) is 7.11 Å². The monoisotopic (exact) mass is 268 g/mol. The highest BCUT2D eigenvalue weighted by molar-refractivity contribution is 14.1. The lowest BCUT2D eigenvalue weighted by Gasteiger charge is -1.93. The van der Waals surface area contributed by atoms with Crippen molar-refractivity contribution < 1.29 is 9.26 Å². The van der Waals surface area contributed by atoms with Crippen LogP contribution in [0.25, 0.3) is 0 Å². The maximum atomic E-state index is 5.46. The fraction of sp³-hybridized carbons (Fsp3) is 0.500. The third-order valence-electron chi connectivity index (χ3n) is 1.26. The highest BCUT2D eigenvalue weighted by Crippen LogP contribution is 2.18. The van der Waals surface area contributed by atoms with Crippen molar-refractivity contribution in [1.29, 1.82) is 0 Å². The zero-order chi connectivity index (χ0) is 8.27. The summed E-state index contributed by atoms with van der Waals surface area (Å²) in [5, 5.41) is 3.61. The molecule has 0 aliphatic carbocycles. The summed E-state index contributed by atoms with van der Waals surface area (Å²) < 4.78 is 10.7. The molecule has 62 valence electrons. The molecule has 0 unspecified atom stereocenters. The number of nitrogen functional groups attached to an aromatic ring is 1. The predicted molar refractivity (Wildman–Crippen MR) is 49.2 cm³/mol. The van der Waals surface area contributed by atoms with E-state index in [4.69, 9.17) is 15.0 Å². The zero-order valence-electron chi connectivity index (χ0n) is 6.13. The molecule has 2 N–H and O–H groups in total. The highest BCUT2D eigenvalue weighted by Gasteiger charge is 2.09. The molecule has 0 saturated carbocycles. The van der Waals surface area contributed by atoms with Crippen LogP contribution in [0, 0.1) is 3.57 Å². The third kappa shape index (κ3) is 2.06. The van der Waals surface area contributed by atoms with Crippen molar-refractivity contribution in [2.45, 2.75) is 6.42 Å². The Bertz CT molecular complexity index is 236. The van der Waals surface area contributed by atoms with E-state index in [2.05, 4.69) is 27.7 Å². The summed E-state index contributed by atoms with van der Waals surface area (Å²) >= 11 is 2.10. The number of halogens is 1. The quantitative estimate of drug-likeness (QED) is 0.832. The first-order valence-electron chi connectivity index (χ1n) is 3.14. The van der Waals surface area contributed by atoms with Gasteiger partial charge < -0.3 is 15.0 Å². The molecule has 0 bridgehead atoms. The highest BCUT2D eigenvalue weighted by atomic mass is 127. The molecule has 1 aromatic rings. The number of nitrogens with zero attached hydrogens (tertiary/aromatic N) is 1. The smallest absolute Gasteiger partial charge is 0.180 e. The Kier molecular flexibility index (Phi) is 3.13. The van der Waals surface area contributed by atoms with Crippen LogP contribution in [0.2, 0.25) is 0 Å². The molecule has 1 heterocycles. The molecule has 0 fully saturated rings. The van der Waals surface area contributed by atoms with Gasteiger partial charge >= 0.3 is 0 Å². The van der Waals surface area contributed by atoms with Gasteiger partial charge in [0.05, 0.1) is 10.2 Å². The van der Waals surface area contributed by atoms with Gasteiger partial charge in [0.25, 0.3) is 0 Å². The molecule has 11 heavy (non-hydrogen) atoms. The number of hydrogen-bond acceptors (Lipinski definition) is 4. The minimum atomic E-state index is 0.455. The second-order valence-electron chi connectivity index (χ2n) is 2.05. The van der Waals surface area contributed by atoms with Crippen LogP contribution in [-0.4, -0.2) is 18.9 Å². The minimum absolute atomic E-state index is 0.455. The van der Waals surface area contributed by atoms with Crippen LogP contribution >= 0.6 is 22.6 Å². The lowest BCUT2D eigenvalue weighted by molar-refractivity contribution is 0.193. The summed E-state index contributed by atoms with van der Waals surface area (Å²) in [5.41, 5.74) is 5.46. The normalized spacial score (nSPS) is 10.4. The fourth-order valence-corrected chi connectivity index (χ4v) is 1.14. The predicted octanol–water partition coefficient (Wildman–Crippen LogP) is 1.05. The van der Waals surface area contributed by atoms with Crippen molar-refractivity contribution >= 4 is 28.4 Å². The van der Waals surface area contributed by atoms with Gasteiger partial charge in [-0.05, 0) is 22.6 Å². The van der Waals surface area contributed by atoms with E-state index in [0.29, 0.717) is 12.4 Å². The number of ether oxygens (including phenoxy) is 1. The summed E-state index contributed by atoms with van der Waals surface area (Å²) in [5.74, 6) is 1.25. The van der Waals surface area contributed by atoms with Crippen molar-refractivity contribution in [2.24, 2.45) is 0 Å². The summed E-state index contributed by atoms with van der Waals surface area (Å²) in [6, 6.07) is 0. The van der Waals surface area contributed by atoms with Crippen LogP contribution in [0.5, 0.6) is 0 Å². The molecule has 0 spiro atoms. The van der Waals surface area contributed by atoms with Gasteiger partial charge in [-0.25, -0.2) is 0 Å². The first-order valence-corrected chi connectivity index (χ1v) is 4.22. The third-order valence-corrected chi connectivity index (χ3v) is 2.41. The fourth-order valence-electron chi connectivity index (χ4n) is 0.677. The van der Waals surface area contributed by atoms with Crippen molar-refractivity contribution in [3.63, 3.8) is 0 Å². The Labute approximate surface area is 78.2 Å². The number of methoxy groups -OCH3 is 1. The van der Waals surface area contributed by atoms with Crippen LogP contribution in [0.4, 0.5) is 5.82 Å². The molecule has 0 radical (unpaired) electrons. The van der Waals surface area contributed by atoms with E-state index in [9.17, 15) is 0 Å². The average Bonchev–Trinajstić information content (AvgIpc) is 2.31. The summed E-state index contributed by atoms with van der Waals surface area (Å²) in [7, 11) is 1.65. The van der Waals surface area contributed by atoms with E-state index in [1.165, 1.54) is 0 Å². The van der Waals surface area contributed by atoms with Crippen molar-refractivity contribution in [3.05, 3.63) is 9.33 Å². The van der Waals surface area contributed by atoms with Gasteiger partial charge in [0, 0.05) is 13.5 Å². The summed E-state index contributed by atoms with van der Waals surface area (Å²) in [6.45, 7) is 0.630. The largest absolute Gasteiger partial charge is 0.384 e.